The van der Waals surface area contributed by atoms with E-state index in [-0.39, 0.29) is 0 Å². The summed E-state index contributed by atoms with van der Waals surface area (Å²) in [6.07, 6.45) is 0. The minimum absolute atomic E-state index is 0.424. The highest BCUT2D eigenvalue weighted by Crippen LogP contribution is 2.23. The van der Waals surface area contributed by atoms with Crippen LogP contribution < -0.4 is 4.74 Å². The van der Waals surface area contributed by atoms with Gasteiger partial charge in [-0.1, -0.05) is 30.3 Å². The molecule has 0 saturated heterocycles. The number of ether oxygens (including phenoxy) is 1. The number of nitrogens with one attached hydrogen (secondary N) is 1. The Hall–Kier alpha value is -1.74. The van der Waals surface area contributed by atoms with Crippen molar-refractivity contribution in [2.75, 3.05) is 7.11 Å². The van der Waals surface area contributed by atoms with Crippen LogP contribution in [0, 0.1) is 5.41 Å². The molecule has 0 aliphatic carbocycles. The van der Waals surface area contributed by atoms with Crippen LogP contribution in [0.4, 0.5) is 0 Å². The lowest BCUT2D eigenvalue weighted by Gasteiger charge is -2.10. The standard InChI is InChI=1S/C14H13NOS/c1-16-12-8-4-2-6-10(12)14(15)11-7-3-5-9-13(11)17/h2-9,15,17H,1H3. The molecule has 0 aliphatic rings. The van der Waals surface area contributed by atoms with E-state index < -0.39 is 0 Å². The van der Waals surface area contributed by atoms with Crippen LogP contribution in [0.25, 0.3) is 0 Å². The van der Waals surface area contributed by atoms with Gasteiger partial charge < -0.3 is 4.74 Å². The van der Waals surface area contributed by atoms with Crippen molar-refractivity contribution in [3.63, 3.8) is 0 Å². The van der Waals surface area contributed by atoms with E-state index in [0.717, 1.165) is 16.0 Å². The Morgan fingerprint density at radius 1 is 1.00 bits per heavy atom. The van der Waals surface area contributed by atoms with Crippen LogP contribution in [0.2, 0.25) is 0 Å². The Labute approximate surface area is 106 Å². The van der Waals surface area contributed by atoms with E-state index in [4.69, 9.17) is 10.1 Å². The molecule has 0 spiro atoms. The fourth-order valence-electron chi connectivity index (χ4n) is 1.68. The molecule has 0 heterocycles. The highest BCUT2D eigenvalue weighted by molar-refractivity contribution is 7.80. The molecule has 2 rings (SSSR count). The van der Waals surface area contributed by atoms with E-state index in [2.05, 4.69) is 12.6 Å². The maximum absolute atomic E-state index is 8.23. The van der Waals surface area contributed by atoms with E-state index >= 15 is 0 Å². The van der Waals surface area contributed by atoms with Crippen LogP contribution in [0.3, 0.4) is 0 Å². The molecular formula is C14H13NOS. The Kier molecular flexibility index (Phi) is 3.49. The molecule has 3 heteroatoms. The van der Waals surface area contributed by atoms with Gasteiger partial charge in [0.25, 0.3) is 0 Å². The Bertz CT molecular complexity index is 551. The predicted octanol–water partition coefficient (Wildman–Crippen LogP) is 3.40. The van der Waals surface area contributed by atoms with E-state index in [1.54, 1.807) is 7.11 Å². The van der Waals surface area contributed by atoms with Crippen molar-refractivity contribution in [2.24, 2.45) is 0 Å². The second-order valence-corrected chi connectivity index (χ2v) is 4.07. The Balaban J connectivity index is 2.48. The van der Waals surface area contributed by atoms with Crippen molar-refractivity contribution in [1.29, 1.82) is 5.41 Å². The number of hydrogen-bond donors (Lipinski definition) is 2. The summed E-state index contributed by atoms with van der Waals surface area (Å²) in [4.78, 5) is 0.795. The van der Waals surface area contributed by atoms with Gasteiger partial charge in [-0.3, -0.25) is 5.41 Å². The number of hydrogen-bond acceptors (Lipinski definition) is 3. The quantitative estimate of drug-likeness (QED) is 0.628. The molecule has 1 N–H and O–H groups in total. The smallest absolute Gasteiger partial charge is 0.128 e. The zero-order valence-corrected chi connectivity index (χ0v) is 10.4. The Morgan fingerprint density at radius 3 is 2.24 bits per heavy atom. The lowest BCUT2D eigenvalue weighted by atomic mass is 10.0. The molecule has 0 amide bonds. The summed E-state index contributed by atoms with van der Waals surface area (Å²) in [5, 5.41) is 8.23. The van der Waals surface area contributed by atoms with Crippen LogP contribution in [0.1, 0.15) is 11.1 Å². The van der Waals surface area contributed by atoms with Crippen LogP contribution >= 0.6 is 12.6 Å². The normalized spacial score (nSPS) is 10.0. The molecule has 17 heavy (non-hydrogen) atoms. The van der Waals surface area contributed by atoms with Gasteiger partial charge in [-0.15, -0.1) is 12.6 Å². The first kappa shape index (κ1) is 11.7. The van der Waals surface area contributed by atoms with Gasteiger partial charge in [-0.25, -0.2) is 0 Å². The second-order valence-electron chi connectivity index (χ2n) is 3.59. The second kappa shape index (κ2) is 5.06. The first-order chi connectivity index (χ1) is 8.24. The maximum atomic E-state index is 8.23. The van der Waals surface area contributed by atoms with Gasteiger partial charge in [0.05, 0.1) is 12.8 Å². The molecule has 0 aliphatic heterocycles. The lowest BCUT2D eigenvalue weighted by Crippen LogP contribution is -2.04. The van der Waals surface area contributed by atoms with Crippen molar-refractivity contribution in [3.05, 3.63) is 59.7 Å². The highest BCUT2D eigenvalue weighted by atomic mass is 32.1. The van der Waals surface area contributed by atoms with Crippen molar-refractivity contribution < 1.29 is 4.74 Å². The van der Waals surface area contributed by atoms with Gasteiger partial charge in [0.1, 0.15) is 5.75 Å². The minimum Gasteiger partial charge on any atom is -0.496 e. The molecule has 0 saturated carbocycles. The SMILES string of the molecule is COc1ccccc1C(=N)c1ccccc1S. The van der Waals surface area contributed by atoms with Gasteiger partial charge in [-0.2, -0.15) is 0 Å². The van der Waals surface area contributed by atoms with E-state index in [9.17, 15) is 0 Å². The third kappa shape index (κ3) is 2.34. The summed E-state index contributed by atoms with van der Waals surface area (Å²) in [5.74, 6) is 0.703. The van der Waals surface area contributed by atoms with Crippen molar-refractivity contribution in [3.8, 4) is 5.75 Å². The zero-order chi connectivity index (χ0) is 12.3. The zero-order valence-electron chi connectivity index (χ0n) is 9.47. The molecule has 0 fully saturated rings. The summed E-state index contributed by atoms with van der Waals surface area (Å²) in [6.45, 7) is 0. The van der Waals surface area contributed by atoms with Crippen LogP contribution in [0.5, 0.6) is 5.75 Å². The van der Waals surface area contributed by atoms with Gasteiger partial charge in [0.2, 0.25) is 0 Å². The number of para-hydroxylation sites is 1. The first-order valence-corrected chi connectivity index (χ1v) is 5.69. The minimum atomic E-state index is 0.424. The number of methoxy groups -OCH3 is 1. The molecule has 2 aromatic carbocycles. The van der Waals surface area contributed by atoms with Crippen molar-refractivity contribution >= 4 is 18.3 Å². The molecule has 0 atom stereocenters. The molecule has 0 aromatic heterocycles. The molecule has 2 nitrogen and oxygen atoms in total. The summed E-state index contributed by atoms with van der Waals surface area (Å²) in [5.41, 5.74) is 2.00. The number of thiol groups is 1. The van der Waals surface area contributed by atoms with E-state index in [1.807, 2.05) is 48.5 Å². The largest absolute Gasteiger partial charge is 0.496 e. The van der Waals surface area contributed by atoms with Crippen molar-refractivity contribution in [1.82, 2.24) is 0 Å². The summed E-state index contributed by atoms with van der Waals surface area (Å²) in [6, 6.07) is 15.1. The van der Waals surface area contributed by atoms with Crippen molar-refractivity contribution in [2.45, 2.75) is 4.90 Å². The van der Waals surface area contributed by atoms with Crippen LogP contribution in [-0.4, -0.2) is 12.8 Å². The lowest BCUT2D eigenvalue weighted by molar-refractivity contribution is 0.414. The third-order valence-electron chi connectivity index (χ3n) is 2.55. The fraction of sp³-hybridized carbons (Fsp3) is 0.0714. The number of benzene rings is 2. The van der Waals surface area contributed by atoms with Gasteiger partial charge in [0.15, 0.2) is 0 Å². The summed E-state index contributed by atoms with van der Waals surface area (Å²) >= 11 is 4.37. The van der Waals surface area contributed by atoms with Gasteiger partial charge in [-0.05, 0) is 18.2 Å². The van der Waals surface area contributed by atoms with E-state index in [1.165, 1.54) is 0 Å². The predicted molar refractivity (Wildman–Crippen MR) is 72.6 cm³/mol. The first-order valence-electron chi connectivity index (χ1n) is 5.24. The molecular weight excluding hydrogens is 230 g/mol. The highest BCUT2D eigenvalue weighted by Gasteiger charge is 2.11. The monoisotopic (exact) mass is 243 g/mol. The molecule has 0 radical (unpaired) electrons. The maximum Gasteiger partial charge on any atom is 0.128 e. The topological polar surface area (TPSA) is 33.1 Å². The van der Waals surface area contributed by atoms with Gasteiger partial charge in [0, 0.05) is 16.0 Å². The van der Waals surface area contributed by atoms with E-state index in [0.29, 0.717) is 11.5 Å². The van der Waals surface area contributed by atoms with Gasteiger partial charge >= 0.3 is 0 Å². The number of rotatable bonds is 3. The van der Waals surface area contributed by atoms with Crippen LogP contribution in [0.15, 0.2) is 53.4 Å². The molecule has 0 unspecified atom stereocenters. The molecule has 0 bridgehead atoms. The summed E-state index contributed by atoms with van der Waals surface area (Å²) < 4.78 is 5.26. The average Bonchev–Trinajstić information content (AvgIpc) is 2.38. The van der Waals surface area contributed by atoms with Crippen LogP contribution in [-0.2, 0) is 0 Å². The molecule has 86 valence electrons. The third-order valence-corrected chi connectivity index (χ3v) is 2.94. The summed E-state index contributed by atoms with van der Waals surface area (Å²) in [7, 11) is 1.61. The average molecular weight is 243 g/mol. The fourth-order valence-corrected chi connectivity index (χ4v) is 1.95. The molecule has 2 aromatic rings. The Morgan fingerprint density at radius 2 is 1.59 bits per heavy atom.